The summed E-state index contributed by atoms with van der Waals surface area (Å²) in [5.74, 6) is 0.112. The van der Waals surface area contributed by atoms with Crippen LogP contribution in [0.25, 0.3) is 0 Å². The first-order valence-electron chi connectivity index (χ1n) is 5.98. The van der Waals surface area contributed by atoms with Crippen LogP contribution in [0, 0.1) is 0 Å². The predicted octanol–water partition coefficient (Wildman–Crippen LogP) is 2.66. The molecular weight excluding hydrogens is 200 g/mol. The fourth-order valence-corrected chi connectivity index (χ4v) is 2.22. The minimum absolute atomic E-state index is 0.112. The molecule has 1 aliphatic rings. The van der Waals surface area contributed by atoms with Crippen LogP contribution in [-0.4, -0.2) is 23.4 Å². The van der Waals surface area contributed by atoms with E-state index in [-0.39, 0.29) is 5.78 Å². The van der Waals surface area contributed by atoms with Gasteiger partial charge >= 0.3 is 0 Å². The Morgan fingerprint density at radius 3 is 2.88 bits per heavy atom. The highest BCUT2D eigenvalue weighted by molar-refractivity contribution is 5.94. The molecule has 0 bridgehead atoms. The van der Waals surface area contributed by atoms with Crippen molar-refractivity contribution in [3.63, 3.8) is 0 Å². The number of carbonyl (C=O) groups is 1. The molecular formula is C13H18N2O. The number of hydrogen-bond donors (Lipinski definition) is 0. The lowest BCUT2D eigenvalue weighted by Crippen LogP contribution is -2.26. The molecule has 0 aromatic carbocycles. The SMILES string of the molecule is CCC(=O)c1ccc(N2CCCC2C)cn1. The molecule has 86 valence electrons. The molecule has 1 aromatic rings. The van der Waals surface area contributed by atoms with Gasteiger partial charge in [-0.25, -0.2) is 0 Å². The second kappa shape index (κ2) is 4.64. The van der Waals surface area contributed by atoms with Crippen molar-refractivity contribution in [1.29, 1.82) is 0 Å². The van der Waals surface area contributed by atoms with E-state index in [1.54, 1.807) is 0 Å². The summed E-state index contributed by atoms with van der Waals surface area (Å²) in [5, 5.41) is 0. The number of ketones is 1. The average Bonchev–Trinajstić information content (AvgIpc) is 2.75. The van der Waals surface area contributed by atoms with E-state index in [1.807, 2.05) is 25.3 Å². The fourth-order valence-electron chi connectivity index (χ4n) is 2.22. The van der Waals surface area contributed by atoms with Gasteiger partial charge in [-0.15, -0.1) is 0 Å². The summed E-state index contributed by atoms with van der Waals surface area (Å²) in [6.07, 6.45) is 4.84. The van der Waals surface area contributed by atoms with Gasteiger partial charge in [0.1, 0.15) is 5.69 Å². The summed E-state index contributed by atoms with van der Waals surface area (Å²) in [6, 6.07) is 4.44. The van der Waals surface area contributed by atoms with Crippen molar-refractivity contribution < 1.29 is 4.79 Å². The third-order valence-electron chi connectivity index (χ3n) is 3.24. The van der Waals surface area contributed by atoms with Gasteiger partial charge in [0, 0.05) is 19.0 Å². The molecule has 0 amide bonds. The number of pyridine rings is 1. The largest absolute Gasteiger partial charge is 0.368 e. The van der Waals surface area contributed by atoms with Crippen molar-refractivity contribution in [3.8, 4) is 0 Å². The Morgan fingerprint density at radius 1 is 1.56 bits per heavy atom. The van der Waals surface area contributed by atoms with Crippen LogP contribution in [0.1, 0.15) is 43.6 Å². The van der Waals surface area contributed by atoms with Crippen LogP contribution in [0.5, 0.6) is 0 Å². The molecule has 0 aliphatic carbocycles. The van der Waals surface area contributed by atoms with Crippen molar-refractivity contribution in [3.05, 3.63) is 24.0 Å². The second-order valence-corrected chi connectivity index (χ2v) is 4.36. The summed E-state index contributed by atoms with van der Waals surface area (Å²) in [7, 11) is 0. The number of hydrogen-bond acceptors (Lipinski definition) is 3. The van der Waals surface area contributed by atoms with Gasteiger partial charge in [0.05, 0.1) is 11.9 Å². The van der Waals surface area contributed by atoms with Gasteiger partial charge in [-0.3, -0.25) is 9.78 Å². The van der Waals surface area contributed by atoms with Crippen LogP contribution in [0.15, 0.2) is 18.3 Å². The molecule has 1 atom stereocenters. The maximum absolute atomic E-state index is 11.4. The van der Waals surface area contributed by atoms with E-state index in [0.717, 1.165) is 12.2 Å². The van der Waals surface area contributed by atoms with Crippen LogP contribution in [0.2, 0.25) is 0 Å². The molecule has 3 heteroatoms. The summed E-state index contributed by atoms with van der Waals surface area (Å²) in [5.41, 5.74) is 1.72. The van der Waals surface area contributed by atoms with E-state index in [2.05, 4.69) is 16.8 Å². The average molecular weight is 218 g/mol. The number of aromatic nitrogens is 1. The highest BCUT2D eigenvalue weighted by atomic mass is 16.1. The van der Waals surface area contributed by atoms with E-state index in [4.69, 9.17) is 0 Å². The summed E-state index contributed by atoms with van der Waals surface area (Å²) in [4.78, 5) is 18.0. The Hall–Kier alpha value is -1.38. The van der Waals surface area contributed by atoms with Gasteiger partial charge < -0.3 is 4.90 Å². The Labute approximate surface area is 96.5 Å². The maximum Gasteiger partial charge on any atom is 0.180 e. The van der Waals surface area contributed by atoms with Gasteiger partial charge in [0.2, 0.25) is 0 Å². The molecule has 1 unspecified atom stereocenters. The summed E-state index contributed by atoms with van der Waals surface area (Å²) in [6.45, 7) is 5.20. The second-order valence-electron chi connectivity index (χ2n) is 4.36. The number of nitrogens with zero attached hydrogens (tertiary/aromatic N) is 2. The zero-order valence-corrected chi connectivity index (χ0v) is 9.94. The molecule has 2 rings (SSSR count). The summed E-state index contributed by atoms with van der Waals surface area (Å²) < 4.78 is 0. The zero-order valence-electron chi connectivity index (χ0n) is 9.94. The van der Waals surface area contributed by atoms with Gasteiger partial charge in [0.15, 0.2) is 5.78 Å². The number of rotatable bonds is 3. The van der Waals surface area contributed by atoms with Gasteiger partial charge in [-0.05, 0) is 31.9 Å². The van der Waals surface area contributed by atoms with Crippen molar-refractivity contribution in [2.24, 2.45) is 0 Å². The van der Waals surface area contributed by atoms with Crippen LogP contribution < -0.4 is 4.90 Å². The van der Waals surface area contributed by atoms with Crippen LogP contribution >= 0.6 is 0 Å². The normalized spacial score (nSPS) is 20.1. The lowest BCUT2D eigenvalue weighted by molar-refractivity contribution is 0.0983. The Morgan fingerprint density at radius 2 is 2.38 bits per heavy atom. The zero-order chi connectivity index (χ0) is 11.5. The molecule has 1 fully saturated rings. The van der Waals surface area contributed by atoms with Crippen molar-refractivity contribution in [1.82, 2.24) is 4.98 Å². The minimum atomic E-state index is 0.112. The Balaban J connectivity index is 2.16. The van der Waals surface area contributed by atoms with Crippen molar-refractivity contribution in [2.45, 2.75) is 39.2 Å². The molecule has 1 aliphatic heterocycles. The number of anilines is 1. The number of Topliss-reactive ketones (excluding diaryl/α,β-unsaturated/α-hetero) is 1. The van der Waals surface area contributed by atoms with E-state index in [9.17, 15) is 4.79 Å². The topological polar surface area (TPSA) is 33.2 Å². The van der Waals surface area contributed by atoms with Crippen LogP contribution in [0.4, 0.5) is 5.69 Å². The van der Waals surface area contributed by atoms with Gasteiger partial charge in [-0.2, -0.15) is 0 Å². The Bertz CT molecular complexity index is 372. The maximum atomic E-state index is 11.4. The molecule has 3 nitrogen and oxygen atoms in total. The predicted molar refractivity (Wildman–Crippen MR) is 64.9 cm³/mol. The highest BCUT2D eigenvalue weighted by Crippen LogP contribution is 2.24. The molecule has 0 radical (unpaired) electrons. The molecule has 1 saturated heterocycles. The molecule has 0 N–H and O–H groups in total. The minimum Gasteiger partial charge on any atom is -0.368 e. The third kappa shape index (κ3) is 2.08. The lowest BCUT2D eigenvalue weighted by atomic mass is 10.2. The van der Waals surface area contributed by atoms with E-state index >= 15 is 0 Å². The van der Waals surface area contributed by atoms with E-state index < -0.39 is 0 Å². The van der Waals surface area contributed by atoms with E-state index in [1.165, 1.54) is 12.8 Å². The molecule has 16 heavy (non-hydrogen) atoms. The highest BCUT2D eigenvalue weighted by Gasteiger charge is 2.20. The van der Waals surface area contributed by atoms with E-state index in [0.29, 0.717) is 18.2 Å². The van der Waals surface area contributed by atoms with Gasteiger partial charge in [-0.1, -0.05) is 6.92 Å². The quantitative estimate of drug-likeness (QED) is 0.731. The molecule has 1 aromatic heterocycles. The van der Waals surface area contributed by atoms with Gasteiger partial charge in [0.25, 0.3) is 0 Å². The molecule has 0 saturated carbocycles. The third-order valence-corrected chi connectivity index (χ3v) is 3.24. The lowest BCUT2D eigenvalue weighted by Gasteiger charge is -2.23. The smallest absolute Gasteiger partial charge is 0.180 e. The fraction of sp³-hybridized carbons (Fsp3) is 0.538. The molecule has 0 spiro atoms. The van der Waals surface area contributed by atoms with Crippen LogP contribution in [-0.2, 0) is 0 Å². The standard InChI is InChI=1S/C13H18N2O/c1-3-13(16)12-7-6-11(9-14-12)15-8-4-5-10(15)2/h6-7,9-10H,3-5,8H2,1-2H3. The number of carbonyl (C=O) groups excluding carboxylic acids is 1. The first kappa shape index (κ1) is 11.1. The van der Waals surface area contributed by atoms with Crippen molar-refractivity contribution >= 4 is 11.5 Å². The summed E-state index contributed by atoms with van der Waals surface area (Å²) >= 11 is 0. The Kier molecular flexibility index (Phi) is 3.22. The van der Waals surface area contributed by atoms with Crippen molar-refractivity contribution in [2.75, 3.05) is 11.4 Å². The van der Waals surface area contributed by atoms with Crippen LogP contribution in [0.3, 0.4) is 0 Å². The first-order valence-corrected chi connectivity index (χ1v) is 5.98. The first-order chi connectivity index (χ1) is 7.72. The molecule has 2 heterocycles. The monoisotopic (exact) mass is 218 g/mol.